The van der Waals surface area contributed by atoms with Crippen LogP contribution in [-0.2, 0) is 14.8 Å². The van der Waals surface area contributed by atoms with Crippen LogP contribution in [-0.4, -0.2) is 41.9 Å². The van der Waals surface area contributed by atoms with Gasteiger partial charge in [-0.25, -0.2) is 13.2 Å². The monoisotopic (exact) mass is 310 g/mol. The van der Waals surface area contributed by atoms with Crippen LogP contribution in [0.3, 0.4) is 0 Å². The predicted octanol–water partition coefficient (Wildman–Crippen LogP) is 1.74. The molecule has 0 saturated heterocycles. The number of pyridine rings is 1. The molecule has 1 aliphatic carbocycles. The summed E-state index contributed by atoms with van der Waals surface area (Å²) >= 11 is 0. The first-order chi connectivity index (χ1) is 9.91. The van der Waals surface area contributed by atoms with Crippen molar-refractivity contribution in [1.82, 2.24) is 9.29 Å². The van der Waals surface area contributed by atoms with E-state index in [-0.39, 0.29) is 10.9 Å². The molecule has 21 heavy (non-hydrogen) atoms. The largest absolute Gasteiger partial charge is 0.478 e. The molecule has 1 saturated carbocycles. The summed E-state index contributed by atoms with van der Waals surface area (Å²) in [5.41, 5.74) is 0.443. The van der Waals surface area contributed by atoms with Crippen molar-refractivity contribution >= 4 is 22.1 Å². The molecule has 1 aromatic heterocycles. The van der Waals surface area contributed by atoms with E-state index in [0.29, 0.717) is 5.56 Å². The lowest BCUT2D eigenvalue weighted by molar-refractivity contribution is -0.131. The standard InChI is InChI=1S/C14H18N2O4S/c1-16(12-4-2-3-5-12)21(19,20)13-8-11(9-15-10-13)6-7-14(17)18/h6-10,12H,2-5H2,1H3,(H,17,18). The van der Waals surface area contributed by atoms with Gasteiger partial charge in [0.2, 0.25) is 10.0 Å². The van der Waals surface area contributed by atoms with Crippen molar-refractivity contribution in [2.24, 2.45) is 0 Å². The van der Waals surface area contributed by atoms with E-state index in [1.54, 1.807) is 7.05 Å². The number of rotatable bonds is 5. The molecule has 0 atom stereocenters. The fourth-order valence-electron chi connectivity index (χ4n) is 2.47. The van der Waals surface area contributed by atoms with Crippen molar-refractivity contribution in [3.05, 3.63) is 30.1 Å². The van der Waals surface area contributed by atoms with Crippen LogP contribution >= 0.6 is 0 Å². The highest BCUT2D eigenvalue weighted by atomic mass is 32.2. The first-order valence-corrected chi connectivity index (χ1v) is 8.19. The van der Waals surface area contributed by atoms with Gasteiger partial charge in [-0.3, -0.25) is 4.98 Å². The van der Waals surface area contributed by atoms with Gasteiger partial charge in [-0.2, -0.15) is 4.31 Å². The van der Waals surface area contributed by atoms with E-state index in [4.69, 9.17) is 5.11 Å². The molecule has 0 aliphatic heterocycles. The number of hydrogen-bond donors (Lipinski definition) is 1. The zero-order valence-corrected chi connectivity index (χ0v) is 12.6. The maximum atomic E-state index is 12.6. The number of carboxylic acid groups (broad SMARTS) is 1. The van der Waals surface area contributed by atoms with Gasteiger partial charge in [-0.05, 0) is 30.5 Å². The van der Waals surface area contributed by atoms with E-state index < -0.39 is 16.0 Å². The Hall–Kier alpha value is -1.73. The summed E-state index contributed by atoms with van der Waals surface area (Å²) in [5.74, 6) is -1.09. The molecule has 0 radical (unpaired) electrons. The van der Waals surface area contributed by atoms with Crippen molar-refractivity contribution in [2.75, 3.05) is 7.05 Å². The molecule has 6 nitrogen and oxygen atoms in total. The molecule has 0 amide bonds. The molecule has 0 aromatic carbocycles. The lowest BCUT2D eigenvalue weighted by Crippen LogP contribution is -2.35. The van der Waals surface area contributed by atoms with Crippen LogP contribution in [0.4, 0.5) is 0 Å². The second kappa shape index (κ2) is 6.36. The summed E-state index contributed by atoms with van der Waals surface area (Å²) in [6, 6.07) is 1.47. The number of carboxylic acids is 1. The summed E-state index contributed by atoms with van der Waals surface area (Å²) in [6.45, 7) is 0. The summed E-state index contributed by atoms with van der Waals surface area (Å²) < 4.78 is 26.5. The first kappa shape index (κ1) is 15.7. The van der Waals surface area contributed by atoms with Crippen molar-refractivity contribution in [2.45, 2.75) is 36.6 Å². The van der Waals surface area contributed by atoms with Gasteiger partial charge in [-0.15, -0.1) is 0 Å². The van der Waals surface area contributed by atoms with Crippen LogP contribution in [0, 0.1) is 0 Å². The number of nitrogens with zero attached hydrogens (tertiary/aromatic N) is 2. The van der Waals surface area contributed by atoms with Gasteiger partial charge in [0.05, 0.1) is 0 Å². The Morgan fingerprint density at radius 3 is 2.67 bits per heavy atom. The third-order valence-electron chi connectivity index (χ3n) is 3.67. The first-order valence-electron chi connectivity index (χ1n) is 6.75. The summed E-state index contributed by atoms with van der Waals surface area (Å²) in [4.78, 5) is 14.5. The molecule has 0 bridgehead atoms. The number of carbonyl (C=O) groups is 1. The maximum absolute atomic E-state index is 12.6. The fraction of sp³-hybridized carbons (Fsp3) is 0.429. The fourth-order valence-corrected chi connectivity index (χ4v) is 3.88. The number of aliphatic carboxylic acids is 1. The highest BCUT2D eigenvalue weighted by Crippen LogP contribution is 2.27. The lowest BCUT2D eigenvalue weighted by atomic mass is 10.2. The van der Waals surface area contributed by atoms with Crippen LogP contribution in [0.1, 0.15) is 31.2 Å². The third-order valence-corrected chi connectivity index (χ3v) is 5.54. The Balaban J connectivity index is 2.27. The predicted molar refractivity (Wildman–Crippen MR) is 78.1 cm³/mol. The number of hydrogen-bond acceptors (Lipinski definition) is 4. The van der Waals surface area contributed by atoms with E-state index in [1.807, 2.05) is 0 Å². The quantitative estimate of drug-likeness (QED) is 0.837. The van der Waals surface area contributed by atoms with Crippen molar-refractivity contribution in [3.63, 3.8) is 0 Å². The van der Waals surface area contributed by atoms with Crippen LogP contribution < -0.4 is 0 Å². The molecule has 7 heteroatoms. The average Bonchev–Trinajstić information content (AvgIpc) is 2.98. The van der Waals surface area contributed by atoms with Gasteiger partial charge >= 0.3 is 5.97 Å². The summed E-state index contributed by atoms with van der Waals surface area (Å²) in [7, 11) is -2.01. The molecule has 1 N–H and O–H groups in total. The minimum absolute atomic E-state index is 0.0354. The second-order valence-electron chi connectivity index (χ2n) is 5.09. The van der Waals surface area contributed by atoms with Crippen molar-refractivity contribution in [3.8, 4) is 0 Å². The van der Waals surface area contributed by atoms with Gasteiger partial charge in [0.1, 0.15) is 4.90 Å². The molecule has 1 heterocycles. The molecule has 1 aliphatic rings. The normalized spacial score (nSPS) is 16.9. The zero-order valence-electron chi connectivity index (χ0n) is 11.8. The van der Waals surface area contributed by atoms with Crippen LogP contribution in [0.2, 0.25) is 0 Å². The van der Waals surface area contributed by atoms with Crippen LogP contribution in [0.25, 0.3) is 6.08 Å². The van der Waals surface area contributed by atoms with Gasteiger partial charge in [0, 0.05) is 31.6 Å². The van der Waals surface area contributed by atoms with Crippen LogP contribution in [0.5, 0.6) is 0 Å². The molecule has 114 valence electrons. The van der Waals surface area contributed by atoms with Gasteiger partial charge in [0.25, 0.3) is 0 Å². The van der Waals surface area contributed by atoms with E-state index in [2.05, 4.69) is 4.98 Å². The Morgan fingerprint density at radius 1 is 1.38 bits per heavy atom. The smallest absolute Gasteiger partial charge is 0.328 e. The second-order valence-corrected chi connectivity index (χ2v) is 7.08. The topological polar surface area (TPSA) is 87.6 Å². The molecule has 1 fully saturated rings. The Labute approximate surface area is 124 Å². The number of aromatic nitrogens is 1. The van der Waals surface area contributed by atoms with E-state index >= 15 is 0 Å². The Kier molecular flexibility index (Phi) is 4.74. The van der Waals surface area contributed by atoms with Gasteiger partial charge < -0.3 is 5.11 Å². The van der Waals surface area contributed by atoms with E-state index in [1.165, 1.54) is 28.8 Å². The van der Waals surface area contributed by atoms with Gasteiger partial charge in [0.15, 0.2) is 0 Å². The Morgan fingerprint density at radius 2 is 2.05 bits per heavy atom. The minimum atomic E-state index is -3.59. The van der Waals surface area contributed by atoms with E-state index in [0.717, 1.165) is 31.8 Å². The third kappa shape index (κ3) is 3.68. The van der Waals surface area contributed by atoms with Crippen molar-refractivity contribution < 1.29 is 18.3 Å². The minimum Gasteiger partial charge on any atom is -0.478 e. The van der Waals surface area contributed by atoms with Crippen molar-refractivity contribution in [1.29, 1.82) is 0 Å². The highest BCUT2D eigenvalue weighted by molar-refractivity contribution is 7.89. The number of sulfonamides is 1. The molecule has 0 unspecified atom stereocenters. The summed E-state index contributed by atoms with van der Waals surface area (Å²) in [6.07, 6.45) is 8.84. The van der Waals surface area contributed by atoms with Gasteiger partial charge in [-0.1, -0.05) is 12.8 Å². The molecular weight excluding hydrogens is 292 g/mol. The molecule has 1 aromatic rings. The summed E-state index contributed by atoms with van der Waals surface area (Å²) in [5, 5.41) is 8.60. The highest BCUT2D eigenvalue weighted by Gasteiger charge is 2.30. The lowest BCUT2D eigenvalue weighted by Gasteiger charge is -2.23. The van der Waals surface area contributed by atoms with Crippen LogP contribution in [0.15, 0.2) is 29.4 Å². The zero-order chi connectivity index (χ0) is 15.5. The Bertz CT molecular complexity index is 649. The average molecular weight is 310 g/mol. The SMILES string of the molecule is CN(C1CCCC1)S(=O)(=O)c1cncc(C=CC(=O)O)c1. The molecule has 0 spiro atoms. The van der Waals surface area contributed by atoms with E-state index in [9.17, 15) is 13.2 Å². The molecular formula is C14H18N2O4S. The maximum Gasteiger partial charge on any atom is 0.328 e. The molecule has 2 rings (SSSR count).